The first-order chi connectivity index (χ1) is 17.9. The summed E-state index contributed by atoms with van der Waals surface area (Å²) < 4.78 is 3.57. The number of benzene rings is 3. The topological polar surface area (TPSA) is 78.7 Å². The highest BCUT2D eigenvalue weighted by atomic mass is 35.5. The number of halogens is 1. The summed E-state index contributed by atoms with van der Waals surface area (Å²) >= 11 is 6.31. The van der Waals surface area contributed by atoms with E-state index in [1.165, 1.54) is 0 Å². The fourth-order valence-electron chi connectivity index (χ4n) is 5.09. The Kier molecular flexibility index (Phi) is 5.44. The molecule has 6 aromatic rings. The summed E-state index contributed by atoms with van der Waals surface area (Å²) in [6, 6.07) is 25.2. The van der Waals surface area contributed by atoms with Gasteiger partial charge in [0.2, 0.25) is 0 Å². The van der Waals surface area contributed by atoms with E-state index in [0.717, 1.165) is 49.8 Å². The Balaban J connectivity index is 1.67. The molecule has 0 saturated carbocycles. The molecular weight excluding hydrogens is 482 g/mol. The van der Waals surface area contributed by atoms with Crippen molar-refractivity contribution in [2.75, 3.05) is 0 Å². The normalized spacial score (nSPS) is 13.2. The van der Waals surface area contributed by atoms with Gasteiger partial charge in [0, 0.05) is 47.7 Å². The molecule has 1 atom stereocenters. The molecule has 2 N–H and O–H groups in total. The molecule has 0 fully saturated rings. The van der Waals surface area contributed by atoms with E-state index in [2.05, 4.69) is 17.1 Å². The van der Waals surface area contributed by atoms with Gasteiger partial charge >= 0.3 is 0 Å². The molecule has 3 heterocycles. The summed E-state index contributed by atoms with van der Waals surface area (Å²) in [5.41, 5.74) is 12.1. The van der Waals surface area contributed by atoms with Crippen molar-refractivity contribution in [2.45, 2.75) is 5.54 Å². The first-order valence-electron chi connectivity index (χ1n) is 11.9. The fraction of sp³-hybridized carbons (Fsp3) is 0.100. The predicted molar refractivity (Wildman–Crippen MR) is 149 cm³/mol. The molecule has 37 heavy (non-hydrogen) atoms. The number of imidazole rings is 1. The molecule has 0 amide bonds. The molecule has 7 heteroatoms. The molecule has 3 aromatic carbocycles. The van der Waals surface area contributed by atoms with E-state index >= 15 is 0 Å². The van der Waals surface area contributed by atoms with Crippen molar-refractivity contribution in [2.24, 2.45) is 19.8 Å². The highest BCUT2D eigenvalue weighted by Gasteiger charge is 2.35. The number of pyridine rings is 2. The molecule has 0 radical (unpaired) electrons. The minimum atomic E-state index is -1.06. The lowest BCUT2D eigenvalue weighted by Gasteiger charge is -2.31. The van der Waals surface area contributed by atoms with Crippen LogP contribution in [-0.4, -0.2) is 19.1 Å². The van der Waals surface area contributed by atoms with Crippen LogP contribution in [0.15, 0.2) is 102 Å². The Morgan fingerprint density at radius 3 is 2.51 bits per heavy atom. The maximum atomic E-state index is 12.9. The summed E-state index contributed by atoms with van der Waals surface area (Å²) in [6.07, 6.45) is 5.36. The Hall–Kier alpha value is -4.26. The standard InChI is InChI=1S/C30H24ClN5O/c1-35-18-33-17-28(35)30(32,22-12-20-6-3-4-9-26(20)34-16-22)21-10-11-27-25(14-21)24(15-29(37)36(27)2)19-7-5-8-23(31)13-19/h3-18H,32H2,1-2H3. The maximum absolute atomic E-state index is 12.9. The van der Waals surface area contributed by atoms with Crippen molar-refractivity contribution >= 4 is 33.4 Å². The van der Waals surface area contributed by atoms with E-state index in [-0.39, 0.29) is 5.56 Å². The van der Waals surface area contributed by atoms with Crippen molar-refractivity contribution < 1.29 is 0 Å². The Labute approximate surface area is 218 Å². The van der Waals surface area contributed by atoms with Crippen LogP contribution in [0.1, 0.15) is 16.8 Å². The maximum Gasteiger partial charge on any atom is 0.251 e. The van der Waals surface area contributed by atoms with Crippen LogP contribution in [0, 0.1) is 0 Å². The average molecular weight is 506 g/mol. The van der Waals surface area contributed by atoms with E-state index in [1.807, 2.05) is 78.5 Å². The third kappa shape index (κ3) is 3.73. The zero-order chi connectivity index (χ0) is 25.7. The number of aryl methyl sites for hydroxylation is 2. The molecule has 0 aliphatic heterocycles. The van der Waals surface area contributed by atoms with Gasteiger partial charge in [0.05, 0.1) is 29.3 Å². The van der Waals surface area contributed by atoms with Gasteiger partial charge in [0.25, 0.3) is 5.56 Å². The lowest BCUT2D eigenvalue weighted by molar-refractivity contribution is 0.595. The molecular formula is C30H24ClN5O. The molecule has 182 valence electrons. The van der Waals surface area contributed by atoms with Crippen LogP contribution in [0.2, 0.25) is 5.02 Å². The number of hydrogen-bond acceptors (Lipinski definition) is 4. The summed E-state index contributed by atoms with van der Waals surface area (Å²) in [7, 11) is 3.71. The monoisotopic (exact) mass is 505 g/mol. The fourth-order valence-corrected chi connectivity index (χ4v) is 5.28. The third-order valence-corrected chi connectivity index (χ3v) is 7.34. The lowest BCUT2D eigenvalue weighted by atomic mass is 9.80. The number of nitrogens with zero attached hydrogens (tertiary/aromatic N) is 4. The van der Waals surface area contributed by atoms with Gasteiger partial charge in [0.1, 0.15) is 5.54 Å². The van der Waals surface area contributed by atoms with Crippen LogP contribution < -0.4 is 11.3 Å². The first-order valence-corrected chi connectivity index (χ1v) is 12.3. The summed E-state index contributed by atoms with van der Waals surface area (Å²) in [5.74, 6) is 0. The third-order valence-electron chi connectivity index (χ3n) is 7.10. The van der Waals surface area contributed by atoms with Gasteiger partial charge in [-0.2, -0.15) is 0 Å². The van der Waals surface area contributed by atoms with E-state index in [9.17, 15) is 4.79 Å². The van der Waals surface area contributed by atoms with E-state index in [0.29, 0.717) is 5.02 Å². The molecule has 0 aliphatic carbocycles. The number of fused-ring (bicyclic) bond motifs is 2. The van der Waals surface area contributed by atoms with Gasteiger partial charge in [0.15, 0.2) is 0 Å². The van der Waals surface area contributed by atoms with Gasteiger partial charge in [-0.1, -0.05) is 48.0 Å². The van der Waals surface area contributed by atoms with Crippen LogP contribution >= 0.6 is 11.6 Å². The van der Waals surface area contributed by atoms with Crippen molar-refractivity contribution in [1.82, 2.24) is 19.1 Å². The smallest absolute Gasteiger partial charge is 0.251 e. The van der Waals surface area contributed by atoms with Gasteiger partial charge in [-0.05, 0) is 53.1 Å². The minimum Gasteiger partial charge on any atom is -0.336 e. The number of nitrogens with two attached hydrogens (primary N) is 1. The van der Waals surface area contributed by atoms with Gasteiger partial charge in [-0.15, -0.1) is 0 Å². The van der Waals surface area contributed by atoms with Gasteiger partial charge in [-0.3, -0.25) is 9.78 Å². The highest BCUT2D eigenvalue weighted by Crippen LogP contribution is 2.38. The number of aromatic nitrogens is 4. The largest absolute Gasteiger partial charge is 0.336 e. The molecule has 0 spiro atoms. The van der Waals surface area contributed by atoms with E-state index in [4.69, 9.17) is 22.3 Å². The molecule has 1 unspecified atom stereocenters. The summed E-state index contributed by atoms with van der Waals surface area (Å²) in [5, 5.41) is 2.50. The number of rotatable bonds is 4. The molecule has 0 bridgehead atoms. The molecule has 6 rings (SSSR count). The Morgan fingerprint density at radius 1 is 0.892 bits per heavy atom. The number of hydrogen-bond donors (Lipinski definition) is 1. The van der Waals surface area contributed by atoms with Crippen LogP contribution in [-0.2, 0) is 19.6 Å². The second kappa shape index (κ2) is 8.69. The van der Waals surface area contributed by atoms with Crippen molar-refractivity contribution in [1.29, 1.82) is 0 Å². The Morgan fingerprint density at radius 2 is 1.73 bits per heavy atom. The highest BCUT2D eigenvalue weighted by molar-refractivity contribution is 6.30. The van der Waals surface area contributed by atoms with Crippen molar-refractivity contribution in [3.8, 4) is 11.1 Å². The average Bonchev–Trinajstić information content (AvgIpc) is 3.36. The van der Waals surface area contributed by atoms with Crippen LogP contribution in [0.5, 0.6) is 0 Å². The lowest BCUT2D eigenvalue weighted by Crippen LogP contribution is -2.41. The van der Waals surface area contributed by atoms with E-state index < -0.39 is 5.54 Å². The summed E-state index contributed by atoms with van der Waals surface area (Å²) in [6.45, 7) is 0. The van der Waals surface area contributed by atoms with E-state index in [1.54, 1.807) is 30.2 Å². The quantitative estimate of drug-likeness (QED) is 0.348. The summed E-state index contributed by atoms with van der Waals surface area (Å²) in [4.78, 5) is 21.9. The van der Waals surface area contributed by atoms with Gasteiger partial charge < -0.3 is 14.9 Å². The predicted octanol–water partition coefficient (Wildman–Crippen LogP) is 5.39. The second-order valence-corrected chi connectivity index (χ2v) is 9.75. The molecule has 0 saturated heterocycles. The van der Waals surface area contributed by atoms with Crippen LogP contribution in [0.4, 0.5) is 0 Å². The SMILES string of the molecule is Cn1cncc1C(N)(c1cnc2ccccc2c1)c1ccc2c(c1)c(-c1cccc(Cl)c1)cc(=O)n2C. The molecule has 0 aliphatic rings. The van der Waals surface area contributed by atoms with Crippen molar-refractivity contribution in [3.63, 3.8) is 0 Å². The number of para-hydroxylation sites is 1. The van der Waals surface area contributed by atoms with Crippen LogP contribution in [0.25, 0.3) is 32.9 Å². The first kappa shape index (κ1) is 23.2. The molecule has 3 aromatic heterocycles. The second-order valence-electron chi connectivity index (χ2n) is 9.31. The van der Waals surface area contributed by atoms with Crippen molar-refractivity contribution in [3.05, 3.63) is 130 Å². The van der Waals surface area contributed by atoms with Gasteiger partial charge in [-0.25, -0.2) is 4.98 Å². The zero-order valence-corrected chi connectivity index (χ0v) is 21.1. The molecule has 6 nitrogen and oxygen atoms in total. The minimum absolute atomic E-state index is 0.0976. The van der Waals surface area contributed by atoms with Crippen LogP contribution in [0.3, 0.4) is 0 Å². The zero-order valence-electron chi connectivity index (χ0n) is 20.4. The Bertz CT molecular complexity index is 1870.